The Morgan fingerprint density at radius 1 is 1.27 bits per heavy atom. The van der Waals surface area contributed by atoms with E-state index in [-0.39, 0.29) is 5.95 Å². The highest BCUT2D eigenvalue weighted by atomic mass is 127. The molecule has 0 saturated heterocycles. The lowest BCUT2D eigenvalue weighted by atomic mass is 10.3. The van der Waals surface area contributed by atoms with E-state index in [4.69, 9.17) is 4.74 Å². The van der Waals surface area contributed by atoms with E-state index in [1.807, 2.05) is 31.2 Å². The summed E-state index contributed by atoms with van der Waals surface area (Å²) in [7, 11) is 1.16. The van der Waals surface area contributed by atoms with Crippen molar-refractivity contribution in [2.45, 2.75) is 13.1 Å². The summed E-state index contributed by atoms with van der Waals surface area (Å²) in [5.74, 6) is -0.321. The van der Waals surface area contributed by atoms with E-state index < -0.39 is 17.6 Å². The van der Waals surface area contributed by atoms with Gasteiger partial charge in [-0.2, -0.15) is 18.2 Å². The van der Waals surface area contributed by atoms with Crippen molar-refractivity contribution in [3.63, 3.8) is 0 Å². The summed E-state index contributed by atoms with van der Waals surface area (Å²) in [5.41, 5.74) is -0.162. The van der Waals surface area contributed by atoms with Crippen LogP contribution in [0.2, 0.25) is 0 Å². The largest absolute Gasteiger partial charge is 0.480 e. The van der Waals surface area contributed by atoms with Gasteiger partial charge in [0.05, 0.1) is 12.8 Å². The lowest BCUT2D eigenvalue weighted by Gasteiger charge is -2.23. The second kappa shape index (κ2) is 6.67. The summed E-state index contributed by atoms with van der Waals surface area (Å²) in [6.07, 6.45) is -3.80. The summed E-state index contributed by atoms with van der Waals surface area (Å²) in [5, 5.41) is 0. The number of aromatic nitrogens is 2. The van der Waals surface area contributed by atoms with Crippen LogP contribution in [0.3, 0.4) is 0 Å². The summed E-state index contributed by atoms with van der Waals surface area (Å²) in [6.45, 7) is 2.38. The first-order valence-electron chi connectivity index (χ1n) is 6.38. The van der Waals surface area contributed by atoms with E-state index in [0.717, 1.165) is 22.6 Å². The molecule has 8 heteroatoms. The average Bonchev–Trinajstić information content (AvgIpc) is 2.48. The number of para-hydroxylation sites is 1. The quantitative estimate of drug-likeness (QED) is 0.689. The molecule has 4 nitrogen and oxygen atoms in total. The van der Waals surface area contributed by atoms with Crippen LogP contribution >= 0.6 is 22.6 Å². The maximum atomic E-state index is 12.9. The molecule has 1 aromatic heterocycles. The molecule has 0 atom stereocenters. The zero-order valence-corrected chi connectivity index (χ0v) is 14.0. The Morgan fingerprint density at radius 2 is 1.95 bits per heavy atom. The Morgan fingerprint density at radius 3 is 2.50 bits per heavy atom. The van der Waals surface area contributed by atoms with Crippen LogP contribution < -0.4 is 9.64 Å². The third-order valence-electron chi connectivity index (χ3n) is 2.94. The summed E-state index contributed by atoms with van der Waals surface area (Å²) in [6, 6.07) is 7.49. The molecule has 0 aliphatic rings. The summed E-state index contributed by atoms with van der Waals surface area (Å²) in [4.78, 5) is 9.50. The number of methoxy groups -OCH3 is 1. The number of nitrogens with zero attached hydrogens (tertiary/aromatic N) is 3. The molecule has 2 rings (SSSR count). The van der Waals surface area contributed by atoms with Crippen molar-refractivity contribution >= 4 is 34.2 Å². The Hall–Kier alpha value is -1.58. The molecule has 118 valence electrons. The maximum absolute atomic E-state index is 12.9. The minimum Gasteiger partial charge on any atom is -0.480 e. The highest BCUT2D eigenvalue weighted by Crippen LogP contribution is 2.36. The Bertz CT molecular complexity index is 664. The van der Waals surface area contributed by atoms with Crippen molar-refractivity contribution in [3.05, 3.63) is 39.6 Å². The molecular weight excluding hydrogens is 410 g/mol. The van der Waals surface area contributed by atoms with E-state index in [0.29, 0.717) is 6.54 Å². The molecule has 22 heavy (non-hydrogen) atoms. The van der Waals surface area contributed by atoms with Crippen LogP contribution in [0.15, 0.2) is 30.5 Å². The van der Waals surface area contributed by atoms with Crippen LogP contribution in [-0.2, 0) is 6.18 Å². The molecule has 0 radical (unpaired) electrons. The Kier molecular flexibility index (Phi) is 5.09. The SMILES string of the molecule is CCN(c1ncc(C(F)(F)F)c(OC)n1)c1ccccc1I. The fourth-order valence-corrected chi connectivity index (χ4v) is 2.61. The highest BCUT2D eigenvalue weighted by Gasteiger charge is 2.36. The summed E-state index contributed by atoms with van der Waals surface area (Å²) < 4.78 is 44.3. The number of ether oxygens (including phenoxy) is 1. The number of anilines is 2. The predicted molar refractivity (Wildman–Crippen MR) is 85.4 cm³/mol. The highest BCUT2D eigenvalue weighted by molar-refractivity contribution is 14.1. The van der Waals surface area contributed by atoms with Gasteiger partial charge in [0.25, 0.3) is 0 Å². The second-order valence-electron chi connectivity index (χ2n) is 4.29. The molecule has 1 heterocycles. The molecule has 0 aliphatic carbocycles. The molecule has 2 aromatic rings. The van der Waals surface area contributed by atoms with Crippen molar-refractivity contribution in [2.75, 3.05) is 18.6 Å². The molecule has 0 N–H and O–H groups in total. The molecule has 0 amide bonds. The molecule has 0 spiro atoms. The molecule has 0 unspecified atom stereocenters. The van der Waals surface area contributed by atoms with Gasteiger partial charge in [0.1, 0.15) is 5.56 Å². The van der Waals surface area contributed by atoms with Crippen molar-refractivity contribution in [1.29, 1.82) is 0 Å². The Balaban J connectivity index is 2.49. The van der Waals surface area contributed by atoms with E-state index in [1.54, 1.807) is 4.90 Å². The lowest BCUT2D eigenvalue weighted by molar-refractivity contribution is -0.139. The van der Waals surface area contributed by atoms with Crippen LogP contribution in [0.5, 0.6) is 5.88 Å². The van der Waals surface area contributed by atoms with Crippen LogP contribution in [0.4, 0.5) is 24.8 Å². The third kappa shape index (κ3) is 3.42. The predicted octanol–water partition coefficient (Wildman–Crippen LogP) is 4.27. The van der Waals surface area contributed by atoms with E-state index >= 15 is 0 Å². The number of hydrogen-bond acceptors (Lipinski definition) is 4. The van der Waals surface area contributed by atoms with Gasteiger partial charge >= 0.3 is 6.18 Å². The van der Waals surface area contributed by atoms with E-state index in [2.05, 4.69) is 32.6 Å². The number of rotatable bonds is 4. The number of benzene rings is 1. The number of hydrogen-bond donors (Lipinski definition) is 0. The van der Waals surface area contributed by atoms with Gasteiger partial charge < -0.3 is 9.64 Å². The van der Waals surface area contributed by atoms with Crippen LogP contribution in [0.25, 0.3) is 0 Å². The van der Waals surface area contributed by atoms with Crippen molar-refractivity contribution in [2.24, 2.45) is 0 Å². The van der Waals surface area contributed by atoms with Gasteiger partial charge in [0.15, 0.2) is 0 Å². The fourth-order valence-electron chi connectivity index (χ4n) is 1.93. The summed E-state index contributed by atoms with van der Waals surface area (Å²) >= 11 is 2.15. The molecule has 0 saturated carbocycles. The first-order valence-corrected chi connectivity index (χ1v) is 7.46. The monoisotopic (exact) mass is 423 g/mol. The first-order chi connectivity index (χ1) is 10.4. The van der Waals surface area contributed by atoms with Gasteiger partial charge in [-0.25, -0.2) is 4.98 Å². The smallest absolute Gasteiger partial charge is 0.423 e. The second-order valence-corrected chi connectivity index (χ2v) is 5.45. The van der Waals surface area contributed by atoms with Crippen molar-refractivity contribution < 1.29 is 17.9 Å². The van der Waals surface area contributed by atoms with Gasteiger partial charge in [-0.05, 0) is 41.6 Å². The van der Waals surface area contributed by atoms with Gasteiger partial charge in [-0.1, -0.05) is 12.1 Å². The van der Waals surface area contributed by atoms with Gasteiger partial charge in [-0.15, -0.1) is 0 Å². The zero-order chi connectivity index (χ0) is 16.3. The van der Waals surface area contributed by atoms with E-state index in [1.165, 1.54) is 0 Å². The first kappa shape index (κ1) is 16.8. The number of halogens is 4. The normalized spacial score (nSPS) is 11.4. The molecular formula is C14H13F3IN3O. The van der Waals surface area contributed by atoms with Crippen LogP contribution in [0, 0.1) is 3.57 Å². The van der Waals surface area contributed by atoms with Crippen LogP contribution in [-0.4, -0.2) is 23.6 Å². The maximum Gasteiger partial charge on any atom is 0.423 e. The van der Waals surface area contributed by atoms with Gasteiger partial charge in [-0.3, -0.25) is 0 Å². The molecule has 0 aliphatic heterocycles. The van der Waals surface area contributed by atoms with Crippen molar-refractivity contribution in [3.8, 4) is 5.88 Å². The zero-order valence-electron chi connectivity index (χ0n) is 11.9. The standard InChI is InChI=1S/C14H13F3IN3O/c1-3-21(11-7-5-4-6-10(11)18)13-19-8-9(14(15,16)17)12(20-13)22-2/h4-8H,3H2,1-2H3. The van der Waals surface area contributed by atoms with Crippen LogP contribution in [0.1, 0.15) is 12.5 Å². The molecule has 0 fully saturated rings. The lowest BCUT2D eigenvalue weighted by Crippen LogP contribution is -2.21. The molecule has 1 aromatic carbocycles. The minimum atomic E-state index is -4.55. The van der Waals surface area contributed by atoms with E-state index in [9.17, 15) is 13.2 Å². The topological polar surface area (TPSA) is 38.2 Å². The molecule has 0 bridgehead atoms. The average molecular weight is 423 g/mol. The third-order valence-corrected chi connectivity index (χ3v) is 3.85. The van der Waals surface area contributed by atoms with Crippen molar-refractivity contribution in [1.82, 2.24) is 9.97 Å². The van der Waals surface area contributed by atoms with Gasteiger partial charge in [0.2, 0.25) is 11.8 Å². The van der Waals surface area contributed by atoms with Gasteiger partial charge in [0, 0.05) is 16.3 Å². The number of alkyl halides is 3. The fraction of sp³-hybridized carbons (Fsp3) is 0.286. The minimum absolute atomic E-state index is 0.163. The Labute approximate surface area is 139 Å².